The molecule has 1 aliphatic heterocycles. The smallest absolute Gasteiger partial charge is 0.298 e. The first-order valence-electron chi connectivity index (χ1n) is 8.75. The van der Waals surface area contributed by atoms with Gasteiger partial charge in [-0.05, 0) is 31.4 Å². The van der Waals surface area contributed by atoms with Crippen molar-refractivity contribution in [2.75, 3.05) is 31.1 Å². The van der Waals surface area contributed by atoms with Gasteiger partial charge in [0.2, 0.25) is 0 Å². The minimum Gasteiger partial charge on any atom is -0.423 e. The second-order valence-corrected chi connectivity index (χ2v) is 6.63. The number of carbonyl (C=O) groups excluding carboxylic acids is 1. The van der Waals surface area contributed by atoms with Gasteiger partial charge in [0, 0.05) is 37.4 Å². The Morgan fingerprint density at radius 2 is 1.96 bits per heavy atom. The summed E-state index contributed by atoms with van der Waals surface area (Å²) < 4.78 is 5.83. The Kier molecular flexibility index (Phi) is 3.26. The zero-order valence-corrected chi connectivity index (χ0v) is 13.9. The SMILES string of the molecule is O=C(c1n[nH]c2c1CCC2)N1CCN(c2nc3ccccc3o2)CC1. The average molecular weight is 337 g/mol. The molecular weight excluding hydrogens is 318 g/mol. The summed E-state index contributed by atoms with van der Waals surface area (Å²) in [6.45, 7) is 2.73. The van der Waals surface area contributed by atoms with Gasteiger partial charge in [-0.2, -0.15) is 10.1 Å². The Balaban J connectivity index is 1.30. The molecule has 7 nitrogen and oxygen atoms in total. The van der Waals surface area contributed by atoms with Crippen molar-refractivity contribution in [1.82, 2.24) is 20.1 Å². The molecule has 2 aromatic heterocycles. The standard InChI is InChI=1S/C18H19N5O2/c24-17(16-12-4-3-6-13(12)20-21-16)22-8-10-23(11-9-22)18-19-14-5-1-2-7-15(14)25-18/h1-2,5,7H,3-4,6,8-11H2,(H,20,21). The molecule has 0 spiro atoms. The molecule has 1 amide bonds. The maximum absolute atomic E-state index is 12.8. The van der Waals surface area contributed by atoms with Gasteiger partial charge < -0.3 is 14.2 Å². The molecule has 0 radical (unpaired) electrons. The molecule has 1 saturated heterocycles. The third-order valence-corrected chi connectivity index (χ3v) is 5.13. The highest BCUT2D eigenvalue weighted by Crippen LogP contribution is 2.25. The van der Waals surface area contributed by atoms with Crippen LogP contribution in [0.1, 0.15) is 28.2 Å². The summed E-state index contributed by atoms with van der Waals surface area (Å²) in [6, 6.07) is 8.39. The minimum atomic E-state index is 0.0385. The number of oxazole rings is 1. The van der Waals surface area contributed by atoms with E-state index in [-0.39, 0.29) is 5.91 Å². The first-order valence-corrected chi connectivity index (χ1v) is 8.75. The number of nitrogens with one attached hydrogen (secondary N) is 1. The van der Waals surface area contributed by atoms with E-state index in [1.54, 1.807) is 0 Å². The predicted molar refractivity (Wildman–Crippen MR) is 92.7 cm³/mol. The number of H-pyrrole nitrogens is 1. The predicted octanol–water partition coefficient (Wildman–Crippen LogP) is 2.00. The topological polar surface area (TPSA) is 78.3 Å². The van der Waals surface area contributed by atoms with E-state index in [9.17, 15) is 4.79 Å². The second-order valence-electron chi connectivity index (χ2n) is 6.63. The van der Waals surface area contributed by atoms with Crippen LogP contribution < -0.4 is 4.90 Å². The van der Waals surface area contributed by atoms with Gasteiger partial charge in [0.15, 0.2) is 11.3 Å². The largest absolute Gasteiger partial charge is 0.423 e. The Hall–Kier alpha value is -2.83. The lowest BCUT2D eigenvalue weighted by Gasteiger charge is -2.33. The lowest BCUT2D eigenvalue weighted by atomic mass is 10.1. The van der Waals surface area contributed by atoms with E-state index in [4.69, 9.17) is 4.42 Å². The summed E-state index contributed by atoms with van der Waals surface area (Å²) in [4.78, 5) is 21.3. The van der Waals surface area contributed by atoms with Gasteiger partial charge in [-0.1, -0.05) is 12.1 Å². The van der Waals surface area contributed by atoms with E-state index in [0.717, 1.165) is 41.6 Å². The lowest BCUT2D eigenvalue weighted by Crippen LogP contribution is -2.49. The van der Waals surface area contributed by atoms with Gasteiger partial charge in [-0.3, -0.25) is 9.89 Å². The van der Waals surface area contributed by atoms with Crippen molar-refractivity contribution in [2.24, 2.45) is 0 Å². The molecule has 1 N–H and O–H groups in total. The van der Waals surface area contributed by atoms with Crippen molar-refractivity contribution >= 4 is 23.0 Å². The molecule has 0 saturated carbocycles. The van der Waals surface area contributed by atoms with Crippen LogP contribution in [0.3, 0.4) is 0 Å². The summed E-state index contributed by atoms with van der Waals surface area (Å²) in [7, 11) is 0. The highest BCUT2D eigenvalue weighted by atomic mass is 16.4. The summed E-state index contributed by atoms with van der Waals surface area (Å²) in [5, 5.41) is 7.28. The van der Waals surface area contributed by atoms with Gasteiger partial charge in [-0.15, -0.1) is 0 Å². The van der Waals surface area contributed by atoms with Crippen LogP contribution >= 0.6 is 0 Å². The maximum atomic E-state index is 12.8. The van der Waals surface area contributed by atoms with Gasteiger partial charge in [0.1, 0.15) is 5.52 Å². The van der Waals surface area contributed by atoms with Gasteiger partial charge in [0.25, 0.3) is 11.9 Å². The summed E-state index contributed by atoms with van der Waals surface area (Å²) in [6.07, 6.45) is 3.06. The van der Waals surface area contributed by atoms with Crippen LogP contribution in [0.2, 0.25) is 0 Å². The van der Waals surface area contributed by atoms with E-state index >= 15 is 0 Å². The van der Waals surface area contributed by atoms with Crippen molar-refractivity contribution in [3.8, 4) is 0 Å². The van der Waals surface area contributed by atoms with Crippen molar-refractivity contribution in [1.29, 1.82) is 0 Å². The average Bonchev–Trinajstić information content (AvgIpc) is 3.36. The molecule has 0 atom stereocenters. The second kappa shape index (κ2) is 5.61. The Bertz CT molecular complexity index is 903. The molecular formula is C18H19N5O2. The highest BCUT2D eigenvalue weighted by Gasteiger charge is 2.29. The van der Waals surface area contributed by atoms with E-state index in [1.165, 1.54) is 0 Å². The zero-order valence-electron chi connectivity index (χ0n) is 13.9. The molecule has 5 rings (SSSR count). The van der Waals surface area contributed by atoms with Gasteiger partial charge in [0.05, 0.1) is 0 Å². The quantitative estimate of drug-likeness (QED) is 0.774. The molecule has 1 aromatic carbocycles. The number of carbonyl (C=O) groups is 1. The molecule has 25 heavy (non-hydrogen) atoms. The van der Waals surface area contributed by atoms with Crippen molar-refractivity contribution in [3.63, 3.8) is 0 Å². The van der Waals surface area contributed by atoms with Crippen LogP contribution in [0.4, 0.5) is 6.01 Å². The number of aromatic amines is 1. The van der Waals surface area contributed by atoms with Crippen LogP contribution in [-0.2, 0) is 12.8 Å². The first kappa shape index (κ1) is 14.5. The molecule has 7 heteroatoms. The third-order valence-electron chi connectivity index (χ3n) is 5.13. The summed E-state index contributed by atoms with van der Waals surface area (Å²) in [5.74, 6) is 0.0385. The molecule has 1 aliphatic carbocycles. The fraction of sp³-hybridized carbons (Fsp3) is 0.389. The molecule has 0 unspecified atom stereocenters. The number of benzene rings is 1. The van der Waals surface area contributed by atoms with Crippen molar-refractivity contribution in [2.45, 2.75) is 19.3 Å². The molecule has 0 bridgehead atoms. The van der Waals surface area contributed by atoms with Gasteiger partial charge in [-0.25, -0.2) is 0 Å². The minimum absolute atomic E-state index is 0.0385. The summed E-state index contributed by atoms with van der Waals surface area (Å²) >= 11 is 0. The number of aromatic nitrogens is 3. The fourth-order valence-corrected chi connectivity index (χ4v) is 3.74. The number of piperazine rings is 1. The van der Waals surface area contributed by atoms with E-state index in [2.05, 4.69) is 20.1 Å². The van der Waals surface area contributed by atoms with Crippen LogP contribution in [-0.4, -0.2) is 52.2 Å². The number of hydrogen-bond donors (Lipinski definition) is 1. The van der Waals surface area contributed by atoms with Gasteiger partial charge >= 0.3 is 0 Å². The number of fused-ring (bicyclic) bond motifs is 2. The first-order chi connectivity index (χ1) is 12.3. The lowest BCUT2D eigenvalue weighted by molar-refractivity contribution is 0.0738. The fourth-order valence-electron chi connectivity index (χ4n) is 3.74. The van der Waals surface area contributed by atoms with Crippen LogP contribution in [0.5, 0.6) is 0 Å². The number of hydrogen-bond acceptors (Lipinski definition) is 5. The van der Waals surface area contributed by atoms with Crippen molar-refractivity contribution in [3.05, 3.63) is 41.2 Å². The molecule has 128 valence electrons. The number of amides is 1. The van der Waals surface area contributed by atoms with Crippen LogP contribution in [0.25, 0.3) is 11.1 Å². The van der Waals surface area contributed by atoms with Crippen LogP contribution in [0.15, 0.2) is 28.7 Å². The number of anilines is 1. The Labute approximate surface area is 144 Å². The Morgan fingerprint density at radius 1 is 1.12 bits per heavy atom. The Morgan fingerprint density at radius 3 is 2.80 bits per heavy atom. The normalized spacial score (nSPS) is 17.3. The third kappa shape index (κ3) is 2.38. The van der Waals surface area contributed by atoms with E-state index in [1.807, 2.05) is 29.2 Å². The maximum Gasteiger partial charge on any atom is 0.298 e. The molecule has 3 heterocycles. The van der Waals surface area contributed by atoms with E-state index in [0.29, 0.717) is 37.9 Å². The summed E-state index contributed by atoms with van der Waals surface area (Å²) in [5.41, 5.74) is 4.52. The van der Waals surface area contributed by atoms with Crippen molar-refractivity contribution < 1.29 is 9.21 Å². The number of aryl methyl sites for hydroxylation is 1. The number of nitrogens with zero attached hydrogens (tertiary/aromatic N) is 4. The highest BCUT2D eigenvalue weighted by molar-refractivity contribution is 5.94. The van der Waals surface area contributed by atoms with Crippen LogP contribution in [0, 0.1) is 0 Å². The molecule has 3 aromatic rings. The monoisotopic (exact) mass is 337 g/mol. The van der Waals surface area contributed by atoms with E-state index < -0.39 is 0 Å². The number of rotatable bonds is 2. The number of para-hydroxylation sites is 2. The molecule has 1 fully saturated rings. The zero-order chi connectivity index (χ0) is 16.8. The molecule has 2 aliphatic rings.